The number of hydrogen-bond acceptors (Lipinski definition) is 6. The molecule has 6 atom stereocenters. The molecule has 4 rings (SSSR count). The highest BCUT2D eigenvalue weighted by atomic mass is 16.7. The number of carbonyl (C=O) groups is 2. The van der Waals surface area contributed by atoms with Crippen LogP contribution in [0.1, 0.15) is 78.6 Å². The molecule has 3 fully saturated rings. The van der Waals surface area contributed by atoms with Crippen LogP contribution >= 0.6 is 0 Å². The summed E-state index contributed by atoms with van der Waals surface area (Å²) in [6, 6.07) is 0. The zero-order valence-corrected chi connectivity index (χ0v) is 19.2. The van der Waals surface area contributed by atoms with Gasteiger partial charge in [0.15, 0.2) is 5.78 Å². The molecule has 0 aromatic rings. The SMILES string of the molecule is CCCOCO[C@]1(C(=O)C(O)O)CC[C@H]2[C@@H]3CCC4=CC(=O)CC[C@]4(C)[C@H]3CC[C@@]21C. The number of allylic oxidation sites excluding steroid dienone is 1. The van der Waals surface area contributed by atoms with Gasteiger partial charge < -0.3 is 19.7 Å². The van der Waals surface area contributed by atoms with Crippen LogP contribution in [0.15, 0.2) is 11.6 Å². The minimum Gasteiger partial charge on any atom is -0.362 e. The Morgan fingerprint density at radius 2 is 1.87 bits per heavy atom. The van der Waals surface area contributed by atoms with Gasteiger partial charge in [-0.15, -0.1) is 0 Å². The zero-order chi connectivity index (χ0) is 22.4. The molecule has 3 saturated carbocycles. The van der Waals surface area contributed by atoms with Crippen LogP contribution in [0.5, 0.6) is 0 Å². The van der Waals surface area contributed by atoms with Gasteiger partial charge in [0, 0.05) is 18.4 Å². The molecule has 0 aliphatic heterocycles. The Balaban J connectivity index is 1.64. The van der Waals surface area contributed by atoms with Crippen molar-refractivity contribution in [2.75, 3.05) is 13.4 Å². The molecule has 0 saturated heterocycles. The molecular formula is C25H38O6. The fourth-order valence-corrected chi connectivity index (χ4v) is 7.82. The van der Waals surface area contributed by atoms with E-state index in [4.69, 9.17) is 9.47 Å². The standard InChI is InChI=1S/C25H38O6/c1-4-13-30-15-31-25(21(27)22(28)29)12-9-20-18-6-5-16-14-17(26)7-10-23(16,2)19(18)8-11-24(20,25)3/h14,18-20,22,28-29H,4-13,15H2,1-3H3/t18-,19+,20+,23+,24+,25+/m1/s1. The van der Waals surface area contributed by atoms with Gasteiger partial charge in [0.05, 0.1) is 0 Å². The topological polar surface area (TPSA) is 93.1 Å². The van der Waals surface area contributed by atoms with E-state index < -0.39 is 23.1 Å². The van der Waals surface area contributed by atoms with Crippen LogP contribution in [0.25, 0.3) is 0 Å². The molecule has 2 N–H and O–H groups in total. The molecule has 0 bridgehead atoms. The molecule has 0 aromatic carbocycles. The second kappa shape index (κ2) is 8.36. The predicted molar refractivity (Wildman–Crippen MR) is 115 cm³/mol. The molecule has 4 aliphatic carbocycles. The van der Waals surface area contributed by atoms with Crippen molar-refractivity contribution in [2.24, 2.45) is 28.6 Å². The van der Waals surface area contributed by atoms with Crippen molar-refractivity contribution in [3.63, 3.8) is 0 Å². The van der Waals surface area contributed by atoms with E-state index in [2.05, 4.69) is 13.8 Å². The number of rotatable bonds is 7. The summed E-state index contributed by atoms with van der Waals surface area (Å²) in [6.45, 7) is 7.01. The summed E-state index contributed by atoms with van der Waals surface area (Å²) in [4.78, 5) is 25.2. The van der Waals surface area contributed by atoms with E-state index >= 15 is 0 Å². The fourth-order valence-electron chi connectivity index (χ4n) is 7.82. The van der Waals surface area contributed by atoms with E-state index in [1.54, 1.807) is 0 Å². The number of fused-ring (bicyclic) bond motifs is 5. The van der Waals surface area contributed by atoms with Crippen molar-refractivity contribution < 1.29 is 29.3 Å². The maximum atomic E-state index is 13.2. The molecule has 31 heavy (non-hydrogen) atoms. The number of ketones is 2. The lowest BCUT2D eigenvalue weighted by Gasteiger charge is -2.59. The van der Waals surface area contributed by atoms with Gasteiger partial charge >= 0.3 is 0 Å². The molecule has 0 spiro atoms. The highest BCUT2D eigenvalue weighted by Gasteiger charge is 2.68. The molecule has 174 valence electrons. The summed E-state index contributed by atoms with van der Waals surface area (Å²) in [5, 5.41) is 19.7. The van der Waals surface area contributed by atoms with Crippen molar-refractivity contribution >= 4 is 11.6 Å². The van der Waals surface area contributed by atoms with Gasteiger partial charge in [-0.2, -0.15) is 0 Å². The van der Waals surface area contributed by atoms with Crippen LogP contribution in [0, 0.1) is 28.6 Å². The first-order chi connectivity index (χ1) is 14.7. The van der Waals surface area contributed by atoms with Crippen molar-refractivity contribution in [2.45, 2.75) is 90.4 Å². The molecule has 0 radical (unpaired) electrons. The zero-order valence-electron chi connectivity index (χ0n) is 19.2. The lowest BCUT2D eigenvalue weighted by Crippen LogP contribution is -2.60. The molecular weight excluding hydrogens is 396 g/mol. The smallest absolute Gasteiger partial charge is 0.220 e. The molecule has 0 heterocycles. The monoisotopic (exact) mass is 434 g/mol. The summed E-state index contributed by atoms with van der Waals surface area (Å²) >= 11 is 0. The van der Waals surface area contributed by atoms with Crippen LogP contribution in [0.4, 0.5) is 0 Å². The Morgan fingerprint density at radius 3 is 2.58 bits per heavy atom. The first-order valence-corrected chi connectivity index (χ1v) is 12.1. The normalized spacial score (nSPS) is 42.1. The van der Waals surface area contributed by atoms with E-state index in [-0.39, 0.29) is 23.9 Å². The summed E-state index contributed by atoms with van der Waals surface area (Å²) in [5.74, 6) is 0.882. The van der Waals surface area contributed by atoms with Crippen molar-refractivity contribution in [1.29, 1.82) is 0 Å². The Morgan fingerprint density at radius 1 is 1.13 bits per heavy atom. The summed E-state index contributed by atoms with van der Waals surface area (Å²) in [6.07, 6.45) is 7.36. The van der Waals surface area contributed by atoms with Gasteiger partial charge in [0.1, 0.15) is 12.4 Å². The molecule has 0 aromatic heterocycles. The van der Waals surface area contributed by atoms with Gasteiger partial charge in [-0.3, -0.25) is 9.59 Å². The van der Waals surface area contributed by atoms with Crippen LogP contribution in [0.2, 0.25) is 0 Å². The lowest BCUT2D eigenvalue weighted by atomic mass is 9.46. The van der Waals surface area contributed by atoms with E-state index in [9.17, 15) is 19.8 Å². The van der Waals surface area contributed by atoms with Gasteiger partial charge in [-0.1, -0.05) is 26.3 Å². The van der Waals surface area contributed by atoms with E-state index in [0.29, 0.717) is 31.3 Å². The first kappa shape index (κ1) is 23.1. The molecule has 6 nitrogen and oxygen atoms in total. The highest BCUT2D eigenvalue weighted by molar-refractivity contribution is 5.92. The highest BCUT2D eigenvalue weighted by Crippen LogP contribution is 2.68. The molecule has 0 unspecified atom stereocenters. The van der Waals surface area contributed by atoms with Gasteiger partial charge in [0.2, 0.25) is 12.1 Å². The number of carbonyl (C=O) groups excluding carboxylic acids is 2. The number of Topliss-reactive ketones (excluding diaryl/α,β-unsaturated/α-hetero) is 1. The Bertz CT molecular complexity index is 759. The predicted octanol–water partition coefficient (Wildman–Crippen LogP) is 3.54. The summed E-state index contributed by atoms with van der Waals surface area (Å²) in [5.41, 5.74) is -0.282. The summed E-state index contributed by atoms with van der Waals surface area (Å²) in [7, 11) is 0. The van der Waals surface area contributed by atoms with Crippen molar-refractivity contribution in [3.8, 4) is 0 Å². The van der Waals surface area contributed by atoms with Gasteiger partial charge in [-0.25, -0.2) is 0 Å². The second-order valence-electron chi connectivity index (χ2n) is 10.7. The van der Waals surface area contributed by atoms with Crippen LogP contribution in [-0.4, -0.2) is 47.1 Å². The Hall–Kier alpha value is -1.08. The largest absolute Gasteiger partial charge is 0.362 e. The quantitative estimate of drug-likeness (QED) is 0.470. The lowest BCUT2D eigenvalue weighted by molar-refractivity contribution is -0.220. The van der Waals surface area contributed by atoms with E-state index in [0.717, 1.165) is 44.9 Å². The maximum absolute atomic E-state index is 13.2. The fraction of sp³-hybridized carbons (Fsp3) is 0.840. The maximum Gasteiger partial charge on any atom is 0.220 e. The van der Waals surface area contributed by atoms with E-state index in [1.165, 1.54) is 5.57 Å². The Labute approximate surface area is 185 Å². The number of aliphatic hydroxyl groups excluding tert-OH is 1. The average Bonchev–Trinajstić information content (AvgIpc) is 3.04. The third-order valence-corrected chi connectivity index (χ3v) is 9.45. The van der Waals surface area contributed by atoms with Gasteiger partial charge in [-0.05, 0) is 80.6 Å². The number of hydrogen-bond donors (Lipinski definition) is 2. The van der Waals surface area contributed by atoms with Crippen molar-refractivity contribution in [1.82, 2.24) is 0 Å². The van der Waals surface area contributed by atoms with Crippen LogP contribution in [0.3, 0.4) is 0 Å². The second-order valence-corrected chi connectivity index (χ2v) is 10.7. The first-order valence-electron chi connectivity index (χ1n) is 12.1. The van der Waals surface area contributed by atoms with E-state index in [1.807, 2.05) is 13.0 Å². The average molecular weight is 435 g/mol. The Kier molecular flexibility index (Phi) is 6.23. The van der Waals surface area contributed by atoms with Gasteiger partial charge in [0.25, 0.3) is 0 Å². The van der Waals surface area contributed by atoms with Crippen LogP contribution in [-0.2, 0) is 19.1 Å². The summed E-state index contributed by atoms with van der Waals surface area (Å²) < 4.78 is 11.7. The number of ether oxygens (including phenoxy) is 2. The third kappa shape index (κ3) is 3.45. The molecule has 0 amide bonds. The third-order valence-electron chi connectivity index (χ3n) is 9.45. The van der Waals surface area contributed by atoms with Crippen molar-refractivity contribution in [3.05, 3.63) is 11.6 Å². The number of aliphatic hydroxyl groups is 2. The molecule has 6 heteroatoms. The minimum atomic E-state index is -2.04. The minimum absolute atomic E-state index is 0.00455. The molecule has 4 aliphatic rings. The van der Waals surface area contributed by atoms with Crippen LogP contribution < -0.4 is 0 Å².